The highest BCUT2D eigenvalue weighted by molar-refractivity contribution is 5.64. The van der Waals surface area contributed by atoms with Crippen LogP contribution in [0.4, 0.5) is 11.4 Å². The molecular weight excluding hydrogens is 214 g/mol. The maximum absolute atomic E-state index is 9.13. The fraction of sp³-hybridized carbons (Fsp3) is 0.417. The second-order valence-corrected chi connectivity index (χ2v) is 4.05. The smallest absolute Gasteiger partial charge is 0.101 e. The molecule has 0 spiro atoms. The molecule has 1 fully saturated rings. The standard InChI is InChI=1S/C12H13N5/c13-9-10-8-11(15-16-14)4-5-12(10)17-6-2-1-3-7-17/h4-5,8H,1-3,6-7H2. The van der Waals surface area contributed by atoms with E-state index in [4.69, 9.17) is 10.8 Å². The SMILES string of the molecule is N#Cc1cc(N=[N+]=[N-])ccc1N1CCCCC1. The highest BCUT2D eigenvalue weighted by Crippen LogP contribution is 2.27. The van der Waals surface area contributed by atoms with Gasteiger partial charge in [-0.1, -0.05) is 11.2 Å². The Morgan fingerprint density at radius 1 is 1.29 bits per heavy atom. The van der Waals surface area contributed by atoms with Gasteiger partial charge in [0.15, 0.2) is 0 Å². The van der Waals surface area contributed by atoms with Gasteiger partial charge in [0.25, 0.3) is 0 Å². The van der Waals surface area contributed by atoms with Crippen LogP contribution >= 0.6 is 0 Å². The quantitative estimate of drug-likeness (QED) is 0.440. The monoisotopic (exact) mass is 227 g/mol. The van der Waals surface area contributed by atoms with Gasteiger partial charge in [-0.3, -0.25) is 0 Å². The van der Waals surface area contributed by atoms with Crippen molar-refractivity contribution in [2.24, 2.45) is 5.11 Å². The maximum Gasteiger partial charge on any atom is 0.101 e. The number of benzene rings is 1. The number of hydrogen-bond donors (Lipinski definition) is 0. The lowest BCUT2D eigenvalue weighted by molar-refractivity contribution is 0.577. The zero-order valence-corrected chi connectivity index (χ0v) is 9.50. The molecule has 1 saturated heterocycles. The number of rotatable bonds is 2. The summed E-state index contributed by atoms with van der Waals surface area (Å²) < 4.78 is 0. The Morgan fingerprint density at radius 2 is 2.06 bits per heavy atom. The summed E-state index contributed by atoms with van der Waals surface area (Å²) in [5.41, 5.74) is 10.4. The summed E-state index contributed by atoms with van der Waals surface area (Å²) in [6.07, 6.45) is 3.60. The molecule has 0 radical (unpaired) electrons. The summed E-state index contributed by atoms with van der Waals surface area (Å²) in [4.78, 5) is 4.95. The molecule has 5 heteroatoms. The van der Waals surface area contributed by atoms with Crippen molar-refractivity contribution < 1.29 is 0 Å². The van der Waals surface area contributed by atoms with Gasteiger partial charge in [-0.15, -0.1) is 0 Å². The van der Waals surface area contributed by atoms with Crippen LogP contribution in [0.5, 0.6) is 0 Å². The third-order valence-electron chi connectivity index (χ3n) is 2.96. The Labute approximate surface area is 99.9 Å². The van der Waals surface area contributed by atoms with Crippen LogP contribution in [0.2, 0.25) is 0 Å². The Kier molecular flexibility index (Phi) is 3.49. The molecule has 1 aliphatic heterocycles. The molecule has 1 heterocycles. The molecule has 0 amide bonds. The molecule has 1 aromatic rings. The lowest BCUT2D eigenvalue weighted by atomic mass is 10.1. The van der Waals surface area contributed by atoms with Crippen LogP contribution in [0.15, 0.2) is 23.3 Å². The molecular formula is C12H13N5. The van der Waals surface area contributed by atoms with Crippen molar-refractivity contribution in [1.29, 1.82) is 5.26 Å². The summed E-state index contributed by atoms with van der Waals surface area (Å²) in [6.45, 7) is 1.99. The minimum atomic E-state index is 0.491. The molecule has 0 saturated carbocycles. The number of nitriles is 1. The zero-order valence-electron chi connectivity index (χ0n) is 9.50. The molecule has 1 aliphatic rings. The van der Waals surface area contributed by atoms with E-state index in [2.05, 4.69) is 21.0 Å². The predicted molar refractivity (Wildman–Crippen MR) is 66.0 cm³/mol. The number of piperidine rings is 1. The minimum absolute atomic E-state index is 0.491. The Bertz CT molecular complexity index is 490. The van der Waals surface area contributed by atoms with E-state index in [1.54, 1.807) is 12.1 Å². The summed E-state index contributed by atoms with van der Waals surface area (Å²) in [5.74, 6) is 0. The van der Waals surface area contributed by atoms with E-state index in [-0.39, 0.29) is 0 Å². The van der Waals surface area contributed by atoms with E-state index >= 15 is 0 Å². The number of anilines is 1. The molecule has 86 valence electrons. The molecule has 0 aliphatic carbocycles. The summed E-state index contributed by atoms with van der Waals surface area (Å²) in [6, 6.07) is 7.43. The van der Waals surface area contributed by atoms with Gasteiger partial charge in [-0.05, 0) is 36.9 Å². The largest absolute Gasteiger partial charge is 0.370 e. The first kappa shape index (κ1) is 11.3. The highest BCUT2D eigenvalue weighted by Gasteiger charge is 2.14. The van der Waals surface area contributed by atoms with Crippen molar-refractivity contribution in [2.45, 2.75) is 19.3 Å². The van der Waals surface area contributed by atoms with Gasteiger partial charge in [0.05, 0.1) is 11.3 Å². The van der Waals surface area contributed by atoms with Crippen LogP contribution in [0.25, 0.3) is 10.4 Å². The van der Waals surface area contributed by atoms with Crippen molar-refractivity contribution >= 4 is 11.4 Å². The number of azide groups is 1. The van der Waals surface area contributed by atoms with E-state index in [1.807, 2.05) is 6.07 Å². The fourth-order valence-corrected chi connectivity index (χ4v) is 2.14. The van der Waals surface area contributed by atoms with Crippen LogP contribution in [0.3, 0.4) is 0 Å². The van der Waals surface area contributed by atoms with E-state index in [9.17, 15) is 0 Å². The van der Waals surface area contributed by atoms with Crippen LogP contribution in [0, 0.1) is 11.3 Å². The van der Waals surface area contributed by atoms with Crippen LogP contribution in [-0.2, 0) is 0 Å². The predicted octanol–water partition coefficient (Wildman–Crippen LogP) is 3.49. The second-order valence-electron chi connectivity index (χ2n) is 4.05. The second kappa shape index (κ2) is 5.24. The minimum Gasteiger partial charge on any atom is -0.370 e. The fourth-order valence-electron chi connectivity index (χ4n) is 2.14. The van der Waals surface area contributed by atoms with Crippen molar-refractivity contribution in [2.75, 3.05) is 18.0 Å². The Morgan fingerprint density at radius 3 is 2.71 bits per heavy atom. The molecule has 0 atom stereocenters. The average Bonchev–Trinajstić information content (AvgIpc) is 2.40. The molecule has 1 aromatic carbocycles. The summed E-state index contributed by atoms with van der Waals surface area (Å²) in [5, 5.41) is 12.6. The van der Waals surface area contributed by atoms with Gasteiger partial charge in [-0.25, -0.2) is 0 Å². The number of nitrogens with zero attached hydrogens (tertiary/aromatic N) is 5. The van der Waals surface area contributed by atoms with Crippen molar-refractivity contribution in [1.82, 2.24) is 0 Å². The van der Waals surface area contributed by atoms with Gasteiger partial charge in [0.2, 0.25) is 0 Å². The van der Waals surface area contributed by atoms with Gasteiger partial charge in [-0.2, -0.15) is 5.26 Å². The maximum atomic E-state index is 9.13. The van der Waals surface area contributed by atoms with E-state index < -0.39 is 0 Å². The highest BCUT2D eigenvalue weighted by atomic mass is 15.1. The van der Waals surface area contributed by atoms with E-state index in [0.717, 1.165) is 18.8 Å². The molecule has 0 unspecified atom stereocenters. The van der Waals surface area contributed by atoms with Gasteiger partial charge >= 0.3 is 0 Å². The first-order chi connectivity index (χ1) is 8.35. The molecule has 2 rings (SSSR count). The lowest BCUT2D eigenvalue weighted by Gasteiger charge is -2.29. The van der Waals surface area contributed by atoms with Crippen molar-refractivity contribution in [3.8, 4) is 6.07 Å². The molecule has 0 N–H and O–H groups in total. The molecule has 17 heavy (non-hydrogen) atoms. The third kappa shape index (κ3) is 2.49. The zero-order chi connectivity index (χ0) is 12.1. The van der Waals surface area contributed by atoms with Crippen LogP contribution in [0.1, 0.15) is 24.8 Å². The normalized spacial score (nSPS) is 14.9. The summed E-state index contributed by atoms with van der Waals surface area (Å²) >= 11 is 0. The van der Waals surface area contributed by atoms with E-state index in [1.165, 1.54) is 19.3 Å². The van der Waals surface area contributed by atoms with Gasteiger partial charge in [0.1, 0.15) is 6.07 Å². The Hall–Kier alpha value is -2.18. The van der Waals surface area contributed by atoms with Gasteiger partial charge in [0, 0.05) is 23.7 Å². The molecule has 0 aromatic heterocycles. The topological polar surface area (TPSA) is 75.8 Å². The number of hydrogen-bond acceptors (Lipinski definition) is 3. The Balaban J connectivity index is 2.33. The lowest BCUT2D eigenvalue weighted by Crippen LogP contribution is -2.29. The van der Waals surface area contributed by atoms with Crippen LogP contribution in [-0.4, -0.2) is 13.1 Å². The van der Waals surface area contributed by atoms with Crippen molar-refractivity contribution in [3.05, 3.63) is 34.2 Å². The van der Waals surface area contributed by atoms with Crippen molar-refractivity contribution in [3.63, 3.8) is 0 Å². The average molecular weight is 227 g/mol. The molecule has 0 bridgehead atoms. The van der Waals surface area contributed by atoms with E-state index in [0.29, 0.717) is 11.3 Å². The molecule has 5 nitrogen and oxygen atoms in total. The third-order valence-corrected chi connectivity index (χ3v) is 2.96. The first-order valence-electron chi connectivity index (χ1n) is 5.69. The first-order valence-corrected chi connectivity index (χ1v) is 5.69. The van der Waals surface area contributed by atoms with Crippen LogP contribution < -0.4 is 4.90 Å². The van der Waals surface area contributed by atoms with Gasteiger partial charge < -0.3 is 4.90 Å². The summed E-state index contributed by atoms with van der Waals surface area (Å²) in [7, 11) is 0.